The van der Waals surface area contributed by atoms with Gasteiger partial charge in [0.1, 0.15) is 11.5 Å². The minimum Gasteiger partial charge on any atom is -0.497 e. The van der Waals surface area contributed by atoms with Gasteiger partial charge < -0.3 is 15.2 Å². The average Bonchev–Trinajstić information content (AvgIpc) is 3.04. The summed E-state index contributed by atoms with van der Waals surface area (Å²) in [5, 5.41) is 3.09. The smallest absolute Gasteiger partial charge is 0.122 e. The van der Waals surface area contributed by atoms with Crippen LogP contribution in [0.5, 0.6) is 11.5 Å². The number of benzene rings is 2. The van der Waals surface area contributed by atoms with E-state index in [1.807, 2.05) is 42.5 Å². The average molecular weight is 326 g/mol. The van der Waals surface area contributed by atoms with Gasteiger partial charge in [0.05, 0.1) is 24.9 Å². The highest BCUT2D eigenvalue weighted by atomic mass is 32.1. The van der Waals surface area contributed by atoms with Crippen molar-refractivity contribution in [1.29, 1.82) is 0 Å². The molecular formula is C18H18N2O2S. The fourth-order valence-corrected chi connectivity index (χ4v) is 3.19. The molecule has 0 fully saturated rings. The van der Waals surface area contributed by atoms with Crippen molar-refractivity contribution in [3.8, 4) is 22.8 Å². The van der Waals surface area contributed by atoms with Gasteiger partial charge >= 0.3 is 0 Å². The lowest BCUT2D eigenvalue weighted by Crippen LogP contribution is -1.95. The first-order valence-corrected chi connectivity index (χ1v) is 8.09. The third kappa shape index (κ3) is 3.46. The lowest BCUT2D eigenvalue weighted by molar-refractivity contribution is 0.399. The minimum atomic E-state index is 0.708. The van der Waals surface area contributed by atoms with E-state index in [9.17, 15) is 0 Å². The molecular weight excluding hydrogens is 308 g/mol. The molecule has 0 spiro atoms. The molecule has 0 aliphatic heterocycles. The Kier molecular flexibility index (Phi) is 4.48. The van der Waals surface area contributed by atoms with Crippen molar-refractivity contribution in [2.45, 2.75) is 6.42 Å². The monoisotopic (exact) mass is 326 g/mol. The molecule has 1 heterocycles. The molecule has 2 N–H and O–H groups in total. The predicted octanol–water partition coefficient (Wildman–Crippen LogP) is 4.00. The SMILES string of the molecule is COc1ccc(OC)c(Cc2nc(-c3ccc(N)cc3)cs2)c1. The molecule has 0 aliphatic rings. The second-order valence-corrected chi connectivity index (χ2v) is 6.05. The van der Waals surface area contributed by atoms with Crippen LogP contribution in [0.1, 0.15) is 10.6 Å². The molecule has 0 bridgehead atoms. The van der Waals surface area contributed by atoms with Crippen LogP contribution in [0, 0.1) is 0 Å². The topological polar surface area (TPSA) is 57.4 Å². The minimum absolute atomic E-state index is 0.708. The molecule has 4 nitrogen and oxygen atoms in total. The second kappa shape index (κ2) is 6.71. The van der Waals surface area contributed by atoms with E-state index in [4.69, 9.17) is 20.2 Å². The van der Waals surface area contributed by atoms with Crippen LogP contribution in [0.25, 0.3) is 11.3 Å². The predicted molar refractivity (Wildman–Crippen MR) is 94.3 cm³/mol. The van der Waals surface area contributed by atoms with Gasteiger partial charge in [-0.15, -0.1) is 11.3 Å². The number of ether oxygens (including phenoxy) is 2. The first-order valence-electron chi connectivity index (χ1n) is 7.21. The lowest BCUT2D eigenvalue weighted by atomic mass is 10.1. The first kappa shape index (κ1) is 15.4. The fraction of sp³-hybridized carbons (Fsp3) is 0.167. The highest BCUT2D eigenvalue weighted by Gasteiger charge is 2.10. The Labute approximate surface area is 139 Å². The summed E-state index contributed by atoms with van der Waals surface area (Å²) in [7, 11) is 3.33. The van der Waals surface area contributed by atoms with Crippen molar-refractivity contribution in [3.05, 3.63) is 58.4 Å². The van der Waals surface area contributed by atoms with Crippen LogP contribution in [0.4, 0.5) is 5.69 Å². The van der Waals surface area contributed by atoms with Gasteiger partial charge in [-0.2, -0.15) is 0 Å². The molecule has 2 aromatic carbocycles. The highest BCUT2D eigenvalue weighted by Crippen LogP contribution is 2.29. The molecule has 118 valence electrons. The summed E-state index contributed by atoms with van der Waals surface area (Å²) >= 11 is 1.64. The molecule has 3 aromatic rings. The van der Waals surface area contributed by atoms with Gasteiger partial charge in [-0.05, 0) is 30.3 Å². The number of nitrogen functional groups attached to an aromatic ring is 1. The van der Waals surface area contributed by atoms with Crippen molar-refractivity contribution in [1.82, 2.24) is 4.98 Å². The Bertz CT molecular complexity index is 797. The van der Waals surface area contributed by atoms with Gasteiger partial charge in [0, 0.05) is 28.6 Å². The van der Waals surface area contributed by atoms with Gasteiger partial charge in [0.25, 0.3) is 0 Å². The zero-order chi connectivity index (χ0) is 16.2. The van der Waals surface area contributed by atoms with E-state index in [0.717, 1.165) is 39.0 Å². The maximum Gasteiger partial charge on any atom is 0.122 e. The standard InChI is InChI=1S/C18H18N2O2S/c1-21-15-7-8-17(22-2)13(9-15)10-18-20-16(11-23-18)12-3-5-14(19)6-4-12/h3-9,11H,10,19H2,1-2H3. The Morgan fingerprint density at radius 1 is 1.04 bits per heavy atom. The summed E-state index contributed by atoms with van der Waals surface area (Å²) < 4.78 is 10.7. The summed E-state index contributed by atoms with van der Waals surface area (Å²) in [5.41, 5.74) is 9.58. The molecule has 1 aromatic heterocycles. The molecule has 0 unspecified atom stereocenters. The molecule has 23 heavy (non-hydrogen) atoms. The van der Waals surface area contributed by atoms with Crippen molar-refractivity contribution in [2.75, 3.05) is 20.0 Å². The van der Waals surface area contributed by atoms with E-state index in [1.165, 1.54) is 0 Å². The van der Waals surface area contributed by atoms with E-state index in [0.29, 0.717) is 6.42 Å². The number of anilines is 1. The maximum atomic E-state index is 5.73. The van der Waals surface area contributed by atoms with E-state index >= 15 is 0 Å². The van der Waals surface area contributed by atoms with Crippen LogP contribution in [-0.2, 0) is 6.42 Å². The Hall–Kier alpha value is -2.53. The molecule has 0 atom stereocenters. The van der Waals surface area contributed by atoms with Crippen LogP contribution in [0.2, 0.25) is 0 Å². The van der Waals surface area contributed by atoms with E-state index in [1.54, 1.807) is 25.6 Å². The van der Waals surface area contributed by atoms with Crippen LogP contribution >= 0.6 is 11.3 Å². The molecule has 0 aliphatic carbocycles. The van der Waals surface area contributed by atoms with Gasteiger partial charge in [-0.1, -0.05) is 12.1 Å². The van der Waals surface area contributed by atoms with Gasteiger partial charge in [-0.25, -0.2) is 4.98 Å². The molecule has 0 saturated carbocycles. The van der Waals surface area contributed by atoms with Crippen LogP contribution < -0.4 is 15.2 Å². The quantitative estimate of drug-likeness (QED) is 0.720. The van der Waals surface area contributed by atoms with Crippen LogP contribution in [-0.4, -0.2) is 19.2 Å². The first-order chi connectivity index (χ1) is 11.2. The number of methoxy groups -OCH3 is 2. The van der Waals surface area contributed by atoms with Crippen molar-refractivity contribution in [3.63, 3.8) is 0 Å². The summed E-state index contributed by atoms with van der Waals surface area (Å²) in [5.74, 6) is 1.66. The Balaban J connectivity index is 1.85. The molecule has 0 radical (unpaired) electrons. The number of nitrogens with two attached hydrogens (primary N) is 1. The normalized spacial score (nSPS) is 10.5. The molecule has 0 saturated heterocycles. The van der Waals surface area contributed by atoms with Crippen LogP contribution in [0.3, 0.4) is 0 Å². The third-order valence-corrected chi connectivity index (χ3v) is 4.44. The second-order valence-electron chi connectivity index (χ2n) is 5.10. The lowest BCUT2D eigenvalue weighted by Gasteiger charge is -2.09. The largest absolute Gasteiger partial charge is 0.497 e. The summed E-state index contributed by atoms with van der Waals surface area (Å²) in [6.07, 6.45) is 0.708. The maximum absolute atomic E-state index is 5.73. The van der Waals surface area contributed by atoms with Gasteiger partial charge in [0.15, 0.2) is 0 Å². The molecule has 0 amide bonds. The van der Waals surface area contributed by atoms with Gasteiger partial charge in [0.2, 0.25) is 0 Å². The number of thiazole rings is 1. The zero-order valence-corrected chi connectivity index (χ0v) is 13.9. The van der Waals surface area contributed by atoms with Crippen molar-refractivity contribution < 1.29 is 9.47 Å². The van der Waals surface area contributed by atoms with Crippen molar-refractivity contribution in [2.24, 2.45) is 0 Å². The van der Waals surface area contributed by atoms with Crippen LogP contribution in [0.15, 0.2) is 47.8 Å². The fourth-order valence-electron chi connectivity index (χ4n) is 2.36. The number of rotatable bonds is 5. The number of aromatic nitrogens is 1. The molecule has 3 rings (SSSR count). The summed E-state index contributed by atoms with van der Waals surface area (Å²) in [4.78, 5) is 4.72. The Morgan fingerprint density at radius 3 is 2.52 bits per heavy atom. The number of nitrogens with zero attached hydrogens (tertiary/aromatic N) is 1. The Morgan fingerprint density at radius 2 is 1.83 bits per heavy atom. The summed E-state index contributed by atoms with van der Waals surface area (Å²) in [6.45, 7) is 0. The van der Waals surface area contributed by atoms with E-state index in [-0.39, 0.29) is 0 Å². The molecule has 5 heteroatoms. The summed E-state index contributed by atoms with van der Waals surface area (Å²) in [6, 6.07) is 13.6. The zero-order valence-electron chi connectivity index (χ0n) is 13.1. The number of hydrogen-bond donors (Lipinski definition) is 1. The van der Waals surface area contributed by atoms with E-state index in [2.05, 4.69) is 5.38 Å². The van der Waals surface area contributed by atoms with E-state index < -0.39 is 0 Å². The van der Waals surface area contributed by atoms with Crippen molar-refractivity contribution >= 4 is 17.0 Å². The number of hydrogen-bond acceptors (Lipinski definition) is 5. The third-order valence-electron chi connectivity index (χ3n) is 3.59. The highest BCUT2D eigenvalue weighted by molar-refractivity contribution is 7.10. The van der Waals surface area contributed by atoms with Gasteiger partial charge in [-0.3, -0.25) is 0 Å².